The van der Waals surface area contributed by atoms with Crippen molar-refractivity contribution in [3.63, 3.8) is 0 Å². The van der Waals surface area contributed by atoms with Crippen LogP contribution in [0, 0.1) is 0 Å². The van der Waals surface area contributed by atoms with Crippen LogP contribution in [0.3, 0.4) is 0 Å². The fourth-order valence-electron chi connectivity index (χ4n) is 4.05. The van der Waals surface area contributed by atoms with Crippen LogP contribution < -0.4 is 9.47 Å². The van der Waals surface area contributed by atoms with Crippen molar-refractivity contribution >= 4 is 5.91 Å². The zero-order valence-corrected chi connectivity index (χ0v) is 17.7. The summed E-state index contributed by atoms with van der Waals surface area (Å²) >= 11 is 0. The van der Waals surface area contributed by atoms with Crippen LogP contribution in [0.5, 0.6) is 17.2 Å². The van der Waals surface area contributed by atoms with Gasteiger partial charge >= 0.3 is 0 Å². The molecule has 1 aliphatic rings. The van der Waals surface area contributed by atoms with Gasteiger partial charge in [0.05, 0.1) is 26.0 Å². The van der Waals surface area contributed by atoms with Crippen molar-refractivity contribution in [2.24, 2.45) is 0 Å². The molecule has 2 aromatic carbocycles. The molecule has 0 spiro atoms. The standard InChI is InChI=1S/C23H25N3O5/c1-29-11-5-10-26-22(15-6-4-7-16(27)12-15)19-20(24-25-21(19)23(26)28)14-8-9-17(30-2)18(13-14)31-3/h4,6-9,12-13,22,27H,5,10-11H2,1-3H3,(H,24,25). The van der Waals surface area contributed by atoms with Gasteiger partial charge in [-0.05, 0) is 42.3 Å². The quantitative estimate of drug-likeness (QED) is 0.539. The van der Waals surface area contributed by atoms with E-state index in [0.29, 0.717) is 42.5 Å². The number of H-pyrrole nitrogens is 1. The molecular formula is C23H25N3O5. The van der Waals surface area contributed by atoms with E-state index in [9.17, 15) is 9.90 Å². The van der Waals surface area contributed by atoms with Crippen LogP contribution in [-0.2, 0) is 4.74 Å². The highest BCUT2D eigenvalue weighted by molar-refractivity contribution is 6.00. The molecule has 2 heterocycles. The number of amides is 1. The minimum atomic E-state index is -0.381. The summed E-state index contributed by atoms with van der Waals surface area (Å²) in [5.74, 6) is 1.21. The van der Waals surface area contributed by atoms with Gasteiger partial charge in [-0.25, -0.2) is 0 Å². The van der Waals surface area contributed by atoms with Gasteiger partial charge in [0, 0.05) is 31.4 Å². The molecule has 2 N–H and O–H groups in total. The van der Waals surface area contributed by atoms with Gasteiger partial charge < -0.3 is 24.2 Å². The molecule has 1 aromatic heterocycles. The number of hydrogen-bond donors (Lipinski definition) is 2. The summed E-state index contributed by atoms with van der Waals surface area (Å²) in [6, 6.07) is 12.1. The van der Waals surface area contributed by atoms with Gasteiger partial charge in [0.25, 0.3) is 5.91 Å². The molecule has 0 saturated heterocycles. The Morgan fingerprint density at radius 2 is 1.90 bits per heavy atom. The number of aromatic nitrogens is 2. The van der Waals surface area contributed by atoms with Crippen LogP contribution in [-0.4, -0.2) is 60.6 Å². The molecule has 0 radical (unpaired) electrons. The average molecular weight is 423 g/mol. The van der Waals surface area contributed by atoms with Crippen molar-refractivity contribution in [3.05, 3.63) is 59.3 Å². The summed E-state index contributed by atoms with van der Waals surface area (Å²) in [6.45, 7) is 1.06. The molecule has 1 amide bonds. The van der Waals surface area contributed by atoms with Gasteiger partial charge in [0.15, 0.2) is 11.5 Å². The van der Waals surface area contributed by atoms with Crippen LogP contribution in [0.2, 0.25) is 0 Å². The number of fused-ring (bicyclic) bond motifs is 1. The number of nitrogens with zero attached hydrogens (tertiary/aromatic N) is 2. The SMILES string of the molecule is COCCCN1C(=O)c2[nH]nc(-c3ccc(OC)c(OC)c3)c2C1c1cccc(O)c1. The number of ether oxygens (including phenoxy) is 3. The zero-order chi connectivity index (χ0) is 22.0. The van der Waals surface area contributed by atoms with E-state index >= 15 is 0 Å². The molecule has 1 unspecified atom stereocenters. The molecule has 1 atom stereocenters. The summed E-state index contributed by atoms with van der Waals surface area (Å²) in [4.78, 5) is 15.0. The monoisotopic (exact) mass is 423 g/mol. The lowest BCUT2D eigenvalue weighted by molar-refractivity contribution is 0.0723. The molecule has 162 valence electrons. The maximum atomic E-state index is 13.2. The fourth-order valence-corrected chi connectivity index (χ4v) is 4.05. The lowest BCUT2D eigenvalue weighted by Gasteiger charge is -2.26. The average Bonchev–Trinajstić information content (AvgIpc) is 3.32. The minimum Gasteiger partial charge on any atom is -0.508 e. The molecular weight excluding hydrogens is 398 g/mol. The number of phenolic OH excluding ortho intramolecular Hbond substituents is 1. The number of carbonyl (C=O) groups is 1. The maximum absolute atomic E-state index is 13.2. The van der Waals surface area contributed by atoms with E-state index < -0.39 is 0 Å². The number of carbonyl (C=O) groups excluding carboxylic acids is 1. The Hall–Kier alpha value is -3.52. The Kier molecular flexibility index (Phi) is 5.81. The molecule has 4 rings (SSSR count). The lowest BCUT2D eigenvalue weighted by atomic mass is 9.95. The summed E-state index contributed by atoms with van der Waals surface area (Å²) in [7, 11) is 4.80. The van der Waals surface area contributed by atoms with E-state index in [0.717, 1.165) is 16.7 Å². The molecule has 1 aliphatic heterocycles. The third-order valence-electron chi connectivity index (χ3n) is 5.45. The van der Waals surface area contributed by atoms with Crippen LogP contribution in [0.15, 0.2) is 42.5 Å². The van der Waals surface area contributed by atoms with Crippen LogP contribution in [0.4, 0.5) is 0 Å². The number of rotatable bonds is 8. The maximum Gasteiger partial charge on any atom is 0.273 e. The van der Waals surface area contributed by atoms with Crippen LogP contribution >= 0.6 is 0 Å². The normalized spacial score (nSPS) is 15.3. The molecule has 3 aromatic rings. The molecule has 0 fully saturated rings. The molecule has 0 saturated carbocycles. The minimum absolute atomic E-state index is 0.126. The van der Waals surface area contributed by atoms with Crippen molar-refractivity contribution in [2.45, 2.75) is 12.5 Å². The van der Waals surface area contributed by atoms with Crippen LogP contribution in [0.25, 0.3) is 11.3 Å². The van der Waals surface area contributed by atoms with Crippen molar-refractivity contribution in [2.75, 3.05) is 34.5 Å². The van der Waals surface area contributed by atoms with Gasteiger partial charge in [0.2, 0.25) is 0 Å². The van der Waals surface area contributed by atoms with Crippen molar-refractivity contribution in [3.8, 4) is 28.5 Å². The van der Waals surface area contributed by atoms with Crippen LogP contribution in [0.1, 0.15) is 34.1 Å². The first kappa shape index (κ1) is 20.7. The van der Waals surface area contributed by atoms with Gasteiger partial charge in [-0.2, -0.15) is 5.10 Å². The van der Waals surface area contributed by atoms with Gasteiger partial charge in [0.1, 0.15) is 11.4 Å². The molecule has 0 aliphatic carbocycles. The Morgan fingerprint density at radius 3 is 2.61 bits per heavy atom. The van der Waals surface area contributed by atoms with Gasteiger partial charge in [-0.15, -0.1) is 0 Å². The highest BCUT2D eigenvalue weighted by Crippen LogP contribution is 2.44. The highest BCUT2D eigenvalue weighted by atomic mass is 16.5. The predicted octanol–water partition coefficient (Wildman–Crippen LogP) is 3.38. The first-order valence-electron chi connectivity index (χ1n) is 9.98. The van der Waals surface area contributed by atoms with Crippen molar-refractivity contribution < 1.29 is 24.1 Å². The number of nitrogens with one attached hydrogen (secondary N) is 1. The Bertz CT molecular complexity index is 1090. The Morgan fingerprint density at radius 1 is 1.10 bits per heavy atom. The van der Waals surface area contributed by atoms with E-state index in [4.69, 9.17) is 14.2 Å². The number of aromatic hydroxyl groups is 1. The van der Waals surface area contributed by atoms with E-state index in [-0.39, 0.29) is 17.7 Å². The Labute approximate surface area is 180 Å². The lowest BCUT2D eigenvalue weighted by Crippen LogP contribution is -2.31. The van der Waals surface area contributed by atoms with E-state index in [1.165, 1.54) is 0 Å². The molecule has 31 heavy (non-hydrogen) atoms. The Balaban J connectivity index is 1.83. The number of phenols is 1. The third kappa shape index (κ3) is 3.70. The van der Waals surface area contributed by atoms with E-state index in [1.54, 1.807) is 44.4 Å². The second-order valence-electron chi connectivity index (χ2n) is 7.27. The fraction of sp³-hybridized carbons (Fsp3) is 0.304. The predicted molar refractivity (Wildman–Crippen MR) is 115 cm³/mol. The van der Waals surface area contributed by atoms with Gasteiger partial charge in [-0.1, -0.05) is 12.1 Å². The summed E-state index contributed by atoms with van der Waals surface area (Å²) < 4.78 is 16.0. The van der Waals surface area contributed by atoms with E-state index in [1.807, 2.05) is 24.3 Å². The van der Waals surface area contributed by atoms with Crippen molar-refractivity contribution in [1.82, 2.24) is 15.1 Å². The smallest absolute Gasteiger partial charge is 0.273 e. The first-order valence-corrected chi connectivity index (χ1v) is 9.98. The first-order chi connectivity index (χ1) is 15.1. The van der Waals surface area contributed by atoms with Crippen molar-refractivity contribution in [1.29, 1.82) is 0 Å². The number of hydrogen-bond acceptors (Lipinski definition) is 6. The third-order valence-corrected chi connectivity index (χ3v) is 5.45. The molecule has 0 bridgehead atoms. The summed E-state index contributed by atoms with van der Waals surface area (Å²) in [6.07, 6.45) is 0.695. The number of aromatic amines is 1. The number of methoxy groups -OCH3 is 3. The molecule has 8 heteroatoms. The highest BCUT2D eigenvalue weighted by Gasteiger charge is 2.42. The zero-order valence-electron chi connectivity index (χ0n) is 17.7. The molecule has 8 nitrogen and oxygen atoms in total. The second kappa shape index (κ2) is 8.69. The summed E-state index contributed by atoms with van der Waals surface area (Å²) in [5.41, 5.74) is 3.50. The largest absolute Gasteiger partial charge is 0.508 e. The van der Waals surface area contributed by atoms with Gasteiger partial charge in [-0.3, -0.25) is 9.89 Å². The topological polar surface area (TPSA) is 96.9 Å². The second-order valence-corrected chi connectivity index (χ2v) is 7.27. The number of benzene rings is 2. The summed E-state index contributed by atoms with van der Waals surface area (Å²) in [5, 5.41) is 17.5. The van der Waals surface area contributed by atoms with E-state index in [2.05, 4.69) is 10.2 Å².